The second-order valence-electron chi connectivity index (χ2n) is 10.1. The zero-order chi connectivity index (χ0) is 28.5. The highest BCUT2D eigenvalue weighted by molar-refractivity contribution is 7.92. The van der Waals surface area contributed by atoms with E-state index in [1.165, 1.54) is 23.5 Å². The van der Waals surface area contributed by atoms with Crippen LogP contribution in [0.25, 0.3) is 0 Å². The van der Waals surface area contributed by atoms with E-state index in [1.54, 1.807) is 24.3 Å². The number of halogens is 2. The van der Waals surface area contributed by atoms with Crippen molar-refractivity contribution in [1.29, 1.82) is 0 Å². The number of rotatable bonds is 7. The molecule has 1 saturated heterocycles. The van der Waals surface area contributed by atoms with Gasteiger partial charge in [-0.25, -0.2) is 12.8 Å². The Kier molecular flexibility index (Phi) is 7.85. The summed E-state index contributed by atoms with van der Waals surface area (Å²) in [5.41, 5.74) is 1.89. The van der Waals surface area contributed by atoms with Crippen molar-refractivity contribution in [3.05, 3.63) is 94.3 Å². The molecule has 1 fully saturated rings. The minimum absolute atomic E-state index is 0.0124. The number of fused-ring (bicyclic) bond motifs is 2. The number of ether oxygens (including phenoxy) is 1. The molecule has 0 aliphatic carbocycles. The van der Waals surface area contributed by atoms with E-state index >= 15 is 0 Å². The van der Waals surface area contributed by atoms with Crippen LogP contribution in [0, 0.1) is 5.82 Å². The maximum Gasteiger partial charge on any atom is 0.319 e. The van der Waals surface area contributed by atoms with E-state index in [4.69, 9.17) is 16.3 Å². The lowest BCUT2D eigenvalue weighted by Crippen LogP contribution is -2.47. The maximum atomic E-state index is 13.7. The topological polar surface area (TPSA) is 96.0 Å². The second kappa shape index (κ2) is 11.2. The van der Waals surface area contributed by atoms with Crippen LogP contribution in [0.3, 0.4) is 0 Å². The molecule has 3 aromatic rings. The van der Waals surface area contributed by atoms with Crippen LogP contribution >= 0.6 is 11.6 Å². The van der Waals surface area contributed by atoms with Gasteiger partial charge in [0.2, 0.25) is 0 Å². The van der Waals surface area contributed by atoms with Gasteiger partial charge in [-0.3, -0.25) is 18.8 Å². The molecular formula is C29H29ClFN3O5S. The third kappa shape index (κ3) is 5.43. The number of methoxy groups -OCH3 is 1. The number of piperidine rings is 1. The van der Waals surface area contributed by atoms with Crippen molar-refractivity contribution in [3.63, 3.8) is 0 Å². The number of carbonyl (C=O) groups is 2. The quantitative estimate of drug-likeness (QED) is 0.419. The summed E-state index contributed by atoms with van der Waals surface area (Å²) in [7, 11) is -2.66. The smallest absolute Gasteiger partial charge is 0.319 e. The fourth-order valence-corrected chi connectivity index (χ4v) is 7.22. The minimum atomic E-state index is -4.00. The lowest BCUT2D eigenvalue weighted by Gasteiger charge is -2.39. The SMILES string of the molecule is COC(=O)CN1CCC2(CC1)CN(S(=O)(=O)c1ccc(F)cc1)c1ccc(C(=O)NCc3ccccc3Cl)cc12. The first-order valence-corrected chi connectivity index (χ1v) is 14.7. The number of benzene rings is 3. The summed E-state index contributed by atoms with van der Waals surface area (Å²) >= 11 is 6.23. The van der Waals surface area contributed by atoms with Gasteiger partial charge in [-0.1, -0.05) is 29.8 Å². The summed E-state index contributed by atoms with van der Waals surface area (Å²) in [5, 5.41) is 3.45. The number of sulfonamides is 1. The summed E-state index contributed by atoms with van der Waals surface area (Å²) in [6.45, 7) is 1.69. The van der Waals surface area contributed by atoms with Crippen molar-refractivity contribution in [3.8, 4) is 0 Å². The molecule has 0 unspecified atom stereocenters. The zero-order valence-corrected chi connectivity index (χ0v) is 23.5. The monoisotopic (exact) mass is 585 g/mol. The predicted octanol–water partition coefficient (Wildman–Crippen LogP) is 4.12. The van der Waals surface area contributed by atoms with Crippen LogP contribution in [0.1, 0.15) is 34.3 Å². The van der Waals surface area contributed by atoms with Crippen molar-refractivity contribution in [2.75, 3.05) is 37.6 Å². The van der Waals surface area contributed by atoms with Gasteiger partial charge >= 0.3 is 5.97 Å². The van der Waals surface area contributed by atoms with Gasteiger partial charge in [-0.05, 0) is 85.6 Å². The van der Waals surface area contributed by atoms with E-state index < -0.39 is 21.3 Å². The Morgan fingerprint density at radius 1 is 1.05 bits per heavy atom. The Labute approximate surface area is 237 Å². The lowest BCUT2D eigenvalue weighted by atomic mass is 9.74. The Bertz CT molecular complexity index is 1540. The molecule has 0 aromatic heterocycles. The molecule has 2 aliphatic rings. The van der Waals surface area contributed by atoms with Crippen molar-refractivity contribution in [1.82, 2.24) is 10.2 Å². The van der Waals surface area contributed by atoms with E-state index in [0.717, 1.165) is 23.3 Å². The van der Waals surface area contributed by atoms with Crippen molar-refractivity contribution in [2.45, 2.75) is 29.7 Å². The van der Waals surface area contributed by atoms with Gasteiger partial charge in [0.05, 0.1) is 24.2 Å². The minimum Gasteiger partial charge on any atom is -0.468 e. The summed E-state index contributed by atoms with van der Waals surface area (Å²) in [5.74, 6) is -1.16. The predicted molar refractivity (Wildman–Crippen MR) is 149 cm³/mol. The number of nitrogens with zero attached hydrogens (tertiary/aromatic N) is 2. The number of anilines is 1. The van der Waals surface area contributed by atoms with Gasteiger partial charge in [-0.15, -0.1) is 0 Å². The second-order valence-corrected chi connectivity index (χ2v) is 12.4. The molecule has 0 saturated carbocycles. The first-order chi connectivity index (χ1) is 19.1. The summed E-state index contributed by atoms with van der Waals surface area (Å²) < 4.78 is 47.2. The number of hydrogen-bond acceptors (Lipinski definition) is 6. The van der Waals surface area contributed by atoms with E-state index in [0.29, 0.717) is 42.2 Å². The molecule has 8 nitrogen and oxygen atoms in total. The molecule has 1 N–H and O–H groups in total. The van der Waals surface area contributed by atoms with Crippen molar-refractivity contribution in [2.24, 2.45) is 0 Å². The van der Waals surface area contributed by atoms with Gasteiger partial charge < -0.3 is 10.1 Å². The van der Waals surface area contributed by atoms with Crippen LogP contribution in [0.5, 0.6) is 0 Å². The fourth-order valence-electron chi connectivity index (χ4n) is 5.45. The van der Waals surface area contributed by atoms with Gasteiger partial charge in [0, 0.05) is 29.1 Å². The Morgan fingerprint density at radius 2 is 1.75 bits per heavy atom. The summed E-state index contributed by atoms with van der Waals surface area (Å²) in [4.78, 5) is 27.0. The van der Waals surface area contributed by atoms with Crippen LogP contribution in [-0.4, -0.2) is 58.5 Å². The standard InChI is InChI=1S/C29H29ClFN3O5S/c1-39-27(35)18-33-14-12-29(13-15-33)19-34(40(37,38)23-9-7-22(31)8-10-23)26-11-6-20(16-24(26)29)28(36)32-17-21-4-2-3-5-25(21)30/h2-11,16H,12-15,17-19H2,1H3,(H,32,36). The van der Waals surface area contributed by atoms with E-state index in [2.05, 4.69) is 5.32 Å². The lowest BCUT2D eigenvalue weighted by molar-refractivity contribution is -0.142. The summed E-state index contributed by atoms with van der Waals surface area (Å²) in [6.07, 6.45) is 1.16. The highest BCUT2D eigenvalue weighted by atomic mass is 35.5. The fraction of sp³-hybridized carbons (Fsp3) is 0.310. The van der Waals surface area contributed by atoms with E-state index in [1.807, 2.05) is 23.1 Å². The number of carbonyl (C=O) groups excluding carboxylic acids is 2. The molecule has 5 rings (SSSR count). The molecule has 2 heterocycles. The average Bonchev–Trinajstić information content (AvgIpc) is 3.28. The number of esters is 1. The molecule has 2 aliphatic heterocycles. The highest BCUT2D eigenvalue weighted by Gasteiger charge is 2.48. The average molecular weight is 586 g/mol. The molecule has 210 valence electrons. The number of nitrogens with one attached hydrogen (secondary N) is 1. The maximum absolute atomic E-state index is 13.7. The normalized spacial score (nSPS) is 16.5. The molecule has 11 heteroatoms. The van der Waals surface area contributed by atoms with Gasteiger partial charge in [-0.2, -0.15) is 0 Å². The van der Waals surface area contributed by atoms with Crippen LogP contribution < -0.4 is 9.62 Å². The Morgan fingerprint density at radius 3 is 2.42 bits per heavy atom. The zero-order valence-electron chi connectivity index (χ0n) is 21.9. The molecule has 0 radical (unpaired) electrons. The number of amides is 1. The number of hydrogen-bond donors (Lipinski definition) is 1. The van der Waals surface area contributed by atoms with Crippen LogP contribution in [0.4, 0.5) is 10.1 Å². The van der Waals surface area contributed by atoms with Gasteiger partial charge in [0.25, 0.3) is 15.9 Å². The molecule has 1 amide bonds. The molecule has 40 heavy (non-hydrogen) atoms. The molecule has 0 bridgehead atoms. The van der Waals surface area contributed by atoms with Crippen LogP contribution in [0.2, 0.25) is 5.02 Å². The van der Waals surface area contributed by atoms with Crippen LogP contribution in [-0.2, 0) is 31.5 Å². The summed E-state index contributed by atoms with van der Waals surface area (Å²) in [6, 6.07) is 17.0. The van der Waals surface area contributed by atoms with E-state index in [9.17, 15) is 22.4 Å². The first kappa shape index (κ1) is 28.1. The van der Waals surface area contributed by atoms with Crippen molar-refractivity contribution < 1.29 is 27.1 Å². The highest BCUT2D eigenvalue weighted by Crippen LogP contribution is 2.49. The Hall–Kier alpha value is -3.47. The molecule has 1 spiro atoms. The van der Waals surface area contributed by atoms with E-state index in [-0.39, 0.29) is 36.4 Å². The first-order valence-electron chi connectivity index (χ1n) is 12.9. The van der Waals surface area contributed by atoms with Crippen molar-refractivity contribution >= 4 is 39.2 Å². The van der Waals surface area contributed by atoms with Gasteiger partial charge in [0.15, 0.2) is 0 Å². The van der Waals surface area contributed by atoms with Gasteiger partial charge in [0.1, 0.15) is 5.82 Å². The Balaban J connectivity index is 1.46. The third-order valence-electron chi connectivity index (χ3n) is 7.74. The molecule has 0 atom stereocenters. The molecular weight excluding hydrogens is 557 g/mol. The number of likely N-dealkylation sites (tertiary alicyclic amines) is 1. The largest absolute Gasteiger partial charge is 0.468 e. The third-order valence-corrected chi connectivity index (χ3v) is 9.88. The molecule has 3 aromatic carbocycles. The van der Waals surface area contributed by atoms with Crippen LogP contribution in [0.15, 0.2) is 71.6 Å².